The van der Waals surface area contributed by atoms with Crippen LogP contribution in [0.15, 0.2) is 0 Å². The van der Waals surface area contributed by atoms with Gasteiger partial charge in [0.2, 0.25) is 0 Å². The number of carboxylic acids is 4. The van der Waals surface area contributed by atoms with Gasteiger partial charge in [0.05, 0.1) is 0 Å². The first-order valence-corrected chi connectivity index (χ1v) is 3.63. The van der Waals surface area contributed by atoms with Crippen LogP contribution < -0.4 is 101 Å². The number of hydrogen-bond donors (Lipinski definition) is 0. The van der Waals surface area contributed by atoms with Crippen molar-refractivity contribution in [1.29, 1.82) is 0 Å². The average Bonchev–Trinajstić information content (AvgIpc) is 1.76. The summed E-state index contributed by atoms with van der Waals surface area (Å²) in [6.07, 6.45) is 0. The second-order valence-electron chi connectivity index (χ2n) is 1.97. The third-order valence-corrected chi connectivity index (χ3v) is 0. The Labute approximate surface area is 192 Å². The van der Waals surface area contributed by atoms with Crippen molar-refractivity contribution in [3.63, 3.8) is 0 Å². The summed E-state index contributed by atoms with van der Waals surface area (Å²) < 4.78 is 0. The summed E-state index contributed by atoms with van der Waals surface area (Å²) in [5, 5.41) is 35.6. The Morgan fingerprint density at radius 3 is 0.579 bits per heavy atom. The molecule has 11 heteroatoms. The molecule has 0 fully saturated rings. The number of hydrogen-bond acceptors (Lipinski definition) is 8. The van der Waals surface area contributed by atoms with Crippen LogP contribution in [-0.4, -0.2) is 46.9 Å². The first kappa shape index (κ1) is 42.7. The second kappa shape index (κ2) is 36.5. The molecule has 0 spiro atoms. The van der Waals surface area contributed by atoms with E-state index in [2.05, 4.69) is 0 Å². The van der Waals surface area contributed by atoms with Crippen molar-refractivity contribution in [3.8, 4) is 0 Å². The van der Waals surface area contributed by atoms with Gasteiger partial charge >= 0.3 is 104 Å². The Morgan fingerprint density at radius 2 is 0.579 bits per heavy atom. The molecule has 0 aliphatic carbocycles. The molecule has 0 heterocycles. The summed E-state index contributed by atoms with van der Waals surface area (Å²) in [6, 6.07) is 0. The third kappa shape index (κ3) is 3500. The summed E-state index contributed by atoms with van der Waals surface area (Å²) in [5.41, 5.74) is 0. The molecule has 0 aliphatic heterocycles. The second-order valence-corrected chi connectivity index (χ2v) is 1.97. The van der Waals surface area contributed by atoms with Crippen LogP contribution in [0.1, 0.15) is 27.7 Å². The van der Waals surface area contributed by atoms with E-state index in [1.165, 1.54) is 0 Å². The zero-order valence-electron chi connectivity index (χ0n) is 12.0. The molecule has 0 unspecified atom stereocenters. The maximum atomic E-state index is 8.89. The molecule has 0 aromatic rings. The van der Waals surface area contributed by atoms with Crippen molar-refractivity contribution in [2.24, 2.45) is 0 Å². The Kier molecular flexibility index (Phi) is 82.2. The molecule has 0 bridgehead atoms. The summed E-state index contributed by atoms with van der Waals surface area (Å²) in [5.74, 6) is -4.33. The van der Waals surface area contributed by atoms with Crippen LogP contribution >= 0.6 is 0 Å². The maximum Gasteiger partial charge on any atom is 2.00 e. The minimum Gasteiger partial charge on any atom is -0.550 e. The molecule has 0 saturated heterocycles. The molecule has 0 aromatic carbocycles. The van der Waals surface area contributed by atoms with E-state index >= 15 is 0 Å². The largest absolute Gasteiger partial charge is 2.00 e. The van der Waals surface area contributed by atoms with Crippen LogP contribution in [-0.2, 0) is 19.2 Å². The summed E-state index contributed by atoms with van der Waals surface area (Å²) in [7, 11) is 0. The van der Waals surface area contributed by atoms with Gasteiger partial charge in [-0.3, -0.25) is 0 Å². The van der Waals surface area contributed by atoms with Crippen molar-refractivity contribution < 1.29 is 121 Å². The molecule has 19 heavy (non-hydrogen) atoms. The number of carbonyl (C=O) groups excluding carboxylic acids is 4. The van der Waals surface area contributed by atoms with Gasteiger partial charge in [-0.2, -0.15) is 0 Å². The van der Waals surface area contributed by atoms with Crippen molar-refractivity contribution >= 4 is 46.9 Å². The Hall–Kier alpha value is 1.28. The fourth-order valence-electron chi connectivity index (χ4n) is 0. The van der Waals surface area contributed by atoms with E-state index in [-0.39, 0.29) is 104 Å². The van der Waals surface area contributed by atoms with Gasteiger partial charge in [0.25, 0.3) is 0 Å². The number of rotatable bonds is 0. The van der Waals surface area contributed by atoms with Gasteiger partial charge in [-0.15, -0.1) is 0 Å². The standard InChI is InChI=1S/4C2H4O2.K.Mg.Na/c4*1-2(3)4;;;/h4*1H3,(H,3,4);;;/q;;;;+1;+2;+1/p-4. The predicted octanol–water partition coefficient (Wildman–Crippen LogP) is -11.3. The van der Waals surface area contributed by atoms with E-state index in [1.807, 2.05) is 0 Å². The van der Waals surface area contributed by atoms with Crippen LogP contribution in [0, 0.1) is 0 Å². The van der Waals surface area contributed by atoms with Gasteiger partial charge in [-0.25, -0.2) is 0 Å². The minimum atomic E-state index is -1.08. The van der Waals surface area contributed by atoms with Crippen molar-refractivity contribution in [1.82, 2.24) is 0 Å². The van der Waals surface area contributed by atoms with Crippen LogP contribution in [0.3, 0.4) is 0 Å². The molecule has 0 aliphatic rings. The molecule has 0 aromatic heterocycles. The van der Waals surface area contributed by atoms with E-state index in [4.69, 9.17) is 39.6 Å². The Bertz CT molecular complexity index is 173. The van der Waals surface area contributed by atoms with Crippen molar-refractivity contribution in [2.75, 3.05) is 0 Å². The summed E-state index contributed by atoms with van der Waals surface area (Å²) in [4.78, 5) is 35.6. The van der Waals surface area contributed by atoms with Gasteiger partial charge < -0.3 is 39.6 Å². The van der Waals surface area contributed by atoms with Gasteiger partial charge in [0.1, 0.15) is 0 Å². The number of aliphatic carboxylic acids is 4. The van der Waals surface area contributed by atoms with Gasteiger partial charge in [0.15, 0.2) is 0 Å². The molecule has 0 atom stereocenters. The van der Waals surface area contributed by atoms with Crippen LogP contribution in [0.25, 0.3) is 0 Å². The van der Waals surface area contributed by atoms with E-state index < -0.39 is 23.9 Å². The molecule has 0 saturated carbocycles. The smallest absolute Gasteiger partial charge is 0.550 e. The molecule has 0 N–H and O–H groups in total. The normalized spacial score (nSPS) is 5.26. The molecule has 96 valence electrons. The van der Waals surface area contributed by atoms with Crippen LogP contribution in [0.4, 0.5) is 0 Å². The van der Waals surface area contributed by atoms with Crippen LogP contribution in [0.2, 0.25) is 0 Å². The number of carbonyl (C=O) groups is 4. The average molecular weight is 323 g/mol. The zero-order valence-corrected chi connectivity index (χ0v) is 18.5. The van der Waals surface area contributed by atoms with Gasteiger partial charge in [-0.1, -0.05) is 0 Å². The predicted molar refractivity (Wildman–Crippen MR) is 48.5 cm³/mol. The van der Waals surface area contributed by atoms with Crippen molar-refractivity contribution in [2.45, 2.75) is 27.7 Å². The van der Waals surface area contributed by atoms with Gasteiger partial charge in [0, 0.05) is 23.9 Å². The van der Waals surface area contributed by atoms with E-state index in [1.54, 1.807) is 0 Å². The molecule has 8 nitrogen and oxygen atoms in total. The SMILES string of the molecule is CC(=O)[O-].CC(=O)[O-].CC(=O)[O-].CC(=O)[O-].[K+].[Mg+2].[Na+]. The van der Waals surface area contributed by atoms with E-state index in [0.29, 0.717) is 0 Å². The zero-order chi connectivity index (χ0) is 14.3. The summed E-state index contributed by atoms with van der Waals surface area (Å²) in [6.45, 7) is 3.89. The Balaban J connectivity index is -0.0000000192. The maximum absolute atomic E-state index is 8.89. The topological polar surface area (TPSA) is 161 Å². The number of carboxylic acid groups (broad SMARTS) is 4. The first-order valence-electron chi connectivity index (χ1n) is 3.63. The fourth-order valence-corrected chi connectivity index (χ4v) is 0. The molecule has 0 amide bonds. The quantitative estimate of drug-likeness (QED) is 0.397. The molecule has 0 rings (SSSR count). The molecule has 0 radical (unpaired) electrons. The van der Waals surface area contributed by atoms with E-state index in [0.717, 1.165) is 27.7 Å². The Morgan fingerprint density at radius 1 is 0.579 bits per heavy atom. The van der Waals surface area contributed by atoms with Crippen LogP contribution in [0.5, 0.6) is 0 Å². The van der Waals surface area contributed by atoms with Crippen molar-refractivity contribution in [3.05, 3.63) is 0 Å². The third-order valence-electron chi connectivity index (χ3n) is 0. The first-order chi connectivity index (χ1) is 6.93. The summed E-state index contributed by atoms with van der Waals surface area (Å²) >= 11 is 0. The van der Waals surface area contributed by atoms with Gasteiger partial charge in [-0.05, 0) is 27.7 Å². The molecular weight excluding hydrogens is 310 g/mol. The fraction of sp³-hybridized carbons (Fsp3) is 0.500. The minimum absolute atomic E-state index is 0. The monoisotopic (exact) mass is 322 g/mol. The van der Waals surface area contributed by atoms with E-state index in [9.17, 15) is 0 Å². The molecular formula is C8H12KMgNaO8.